The molecule has 1 unspecified atom stereocenters. The molecule has 3 aliphatic heterocycles. The van der Waals surface area contributed by atoms with Gasteiger partial charge in [0.15, 0.2) is 5.70 Å². The Kier molecular flexibility index (Phi) is 6.44. The summed E-state index contributed by atoms with van der Waals surface area (Å²) in [7, 11) is 4.05. The summed E-state index contributed by atoms with van der Waals surface area (Å²) in [5, 5.41) is 0. The smallest absolute Gasteiger partial charge is 0.357 e. The van der Waals surface area contributed by atoms with E-state index >= 15 is 0 Å². The zero-order valence-electron chi connectivity index (χ0n) is 19.7. The summed E-state index contributed by atoms with van der Waals surface area (Å²) in [4.78, 5) is 47.4. The van der Waals surface area contributed by atoms with Gasteiger partial charge in [-0.1, -0.05) is 24.1 Å². The molecule has 0 aliphatic carbocycles. The Morgan fingerprint density at radius 1 is 1.18 bits per heavy atom. The number of para-hydroxylation sites is 1. The van der Waals surface area contributed by atoms with Gasteiger partial charge in [0.2, 0.25) is 5.91 Å². The molecule has 0 saturated carbocycles. The average Bonchev–Trinajstić information content (AvgIpc) is 3.14. The SMILES string of the molecule is CC#CCN1c2ccccc2[C@]23CCC(=O)N(CCOC)C2=NC(C(=O)OC)=C(C(=O)OC)C13. The van der Waals surface area contributed by atoms with E-state index in [0.29, 0.717) is 25.4 Å². The van der Waals surface area contributed by atoms with Gasteiger partial charge < -0.3 is 19.1 Å². The van der Waals surface area contributed by atoms with Crippen molar-refractivity contribution in [1.82, 2.24) is 4.90 Å². The molecule has 1 fully saturated rings. The highest BCUT2D eigenvalue weighted by atomic mass is 16.5. The van der Waals surface area contributed by atoms with E-state index in [1.54, 1.807) is 18.9 Å². The molecule has 9 heteroatoms. The molecule has 9 nitrogen and oxygen atoms in total. The van der Waals surface area contributed by atoms with Crippen LogP contribution in [0.4, 0.5) is 5.69 Å². The first-order chi connectivity index (χ1) is 16.5. The van der Waals surface area contributed by atoms with Crippen LogP contribution in [-0.4, -0.2) is 75.6 Å². The van der Waals surface area contributed by atoms with Crippen molar-refractivity contribution in [2.24, 2.45) is 4.99 Å². The number of nitrogens with zero attached hydrogens (tertiary/aromatic N) is 3. The third-order valence-corrected chi connectivity index (χ3v) is 6.64. The van der Waals surface area contributed by atoms with Crippen LogP contribution in [-0.2, 0) is 34.0 Å². The van der Waals surface area contributed by atoms with Gasteiger partial charge in [-0.05, 0) is 25.0 Å². The number of ether oxygens (including phenoxy) is 3. The molecule has 0 N–H and O–H groups in total. The Balaban J connectivity index is 2.07. The van der Waals surface area contributed by atoms with E-state index < -0.39 is 23.4 Å². The number of esters is 2. The molecule has 178 valence electrons. The highest BCUT2D eigenvalue weighted by Gasteiger charge is 2.63. The largest absolute Gasteiger partial charge is 0.466 e. The Bertz CT molecular complexity index is 1160. The molecule has 1 aromatic carbocycles. The topological polar surface area (TPSA) is 97.7 Å². The second-order valence-electron chi connectivity index (χ2n) is 8.16. The van der Waals surface area contributed by atoms with E-state index in [4.69, 9.17) is 14.2 Å². The lowest BCUT2D eigenvalue weighted by atomic mass is 9.65. The van der Waals surface area contributed by atoms with Crippen LogP contribution in [0.2, 0.25) is 0 Å². The number of aliphatic imine (C=N–C) groups is 1. The van der Waals surface area contributed by atoms with Crippen molar-refractivity contribution in [2.75, 3.05) is 45.9 Å². The standard InChI is InChI=1S/C25H27N3O6/c1-5-6-13-27-17-10-8-7-9-16(17)25-12-11-18(29)28(14-15-32-2)24(25)26-20(23(31)34-4)19(21(25)27)22(30)33-3/h7-10,21H,11-15H2,1-4H3/t21?,25-/m0/s1. The normalized spacial score (nSPS) is 22.8. The molecular formula is C25H27N3O6. The second-order valence-corrected chi connectivity index (χ2v) is 8.16. The molecule has 1 saturated heterocycles. The highest BCUT2D eigenvalue weighted by molar-refractivity contribution is 6.15. The summed E-state index contributed by atoms with van der Waals surface area (Å²) in [5.41, 5.74) is 0.889. The van der Waals surface area contributed by atoms with Crippen molar-refractivity contribution in [3.8, 4) is 11.8 Å². The Hall–Kier alpha value is -3.64. The summed E-state index contributed by atoms with van der Waals surface area (Å²) in [5.74, 6) is 4.86. The van der Waals surface area contributed by atoms with E-state index in [9.17, 15) is 14.4 Å². The molecule has 2 atom stereocenters. The van der Waals surface area contributed by atoms with Gasteiger partial charge in [-0.3, -0.25) is 9.69 Å². The molecular weight excluding hydrogens is 438 g/mol. The molecule has 0 radical (unpaired) electrons. The second kappa shape index (κ2) is 9.31. The minimum Gasteiger partial charge on any atom is -0.466 e. The van der Waals surface area contributed by atoms with Crippen LogP contribution in [0.1, 0.15) is 25.3 Å². The maximum absolute atomic E-state index is 13.2. The molecule has 1 aromatic rings. The maximum Gasteiger partial charge on any atom is 0.357 e. The van der Waals surface area contributed by atoms with Gasteiger partial charge in [0.1, 0.15) is 5.84 Å². The number of likely N-dealkylation sites (tertiary alicyclic amines) is 1. The van der Waals surface area contributed by atoms with Crippen LogP contribution in [0.3, 0.4) is 0 Å². The van der Waals surface area contributed by atoms with Crippen molar-refractivity contribution in [2.45, 2.75) is 31.2 Å². The minimum absolute atomic E-state index is 0.105. The lowest BCUT2D eigenvalue weighted by molar-refractivity contribution is -0.140. The van der Waals surface area contributed by atoms with E-state index in [1.807, 2.05) is 29.2 Å². The van der Waals surface area contributed by atoms with Crippen LogP contribution in [0.25, 0.3) is 0 Å². The zero-order chi connectivity index (χ0) is 24.5. The quantitative estimate of drug-likeness (QED) is 0.463. The molecule has 3 aliphatic rings. The third-order valence-electron chi connectivity index (χ3n) is 6.64. The van der Waals surface area contributed by atoms with Crippen molar-refractivity contribution in [3.05, 3.63) is 41.1 Å². The fourth-order valence-corrected chi connectivity index (χ4v) is 5.26. The number of piperidine rings is 1. The minimum atomic E-state index is -0.852. The van der Waals surface area contributed by atoms with E-state index in [-0.39, 0.29) is 30.1 Å². The number of carbonyl (C=O) groups is 3. The number of fused-ring (bicyclic) bond motifs is 1. The number of hydrogen-bond donors (Lipinski definition) is 0. The fourth-order valence-electron chi connectivity index (χ4n) is 5.26. The zero-order valence-corrected chi connectivity index (χ0v) is 19.7. The van der Waals surface area contributed by atoms with Crippen LogP contribution in [0.5, 0.6) is 0 Å². The predicted molar refractivity (Wildman–Crippen MR) is 124 cm³/mol. The number of amidine groups is 1. The van der Waals surface area contributed by atoms with Crippen molar-refractivity contribution < 1.29 is 28.6 Å². The first-order valence-corrected chi connectivity index (χ1v) is 11.0. The van der Waals surface area contributed by atoms with E-state index in [1.165, 1.54) is 14.2 Å². The molecule has 3 heterocycles. The van der Waals surface area contributed by atoms with Crippen LogP contribution >= 0.6 is 0 Å². The number of hydrogen-bond acceptors (Lipinski definition) is 8. The van der Waals surface area contributed by atoms with Gasteiger partial charge in [0.25, 0.3) is 0 Å². The van der Waals surface area contributed by atoms with Gasteiger partial charge in [0.05, 0.1) is 50.9 Å². The van der Waals surface area contributed by atoms with E-state index in [2.05, 4.69) is 16.8 Å². The van der Waals surface area contributed by atoms with Crippen molar-refractivity contribution >= 4 is 29.4 Å². The molecule has 34 heavy (non-hydrogen) atoms. The fraction of sp³-hybridized carbons (Fsp3) is 0.440. The Labute approximate surface area is 198 Å². The predicted octanol–water partition coefficient (Wildman–Crippen LogP) is 1.42. The molecule has 0 bridgehead atoms. The number of amides is 1. The van der Waals surface area contributed by atoms with Crippen LogP contribution in [0.15, 0.2) is 40.5 Å². The molecule has 0 aromatic heterocycles. The number of benzene rings is 1. The number of anilines is 1. The number of carbonyl (C=O) groups excluding carboxylic acids is 3. The van der Waals surface area contributed by atoms with Crippen molar-refractivity contribution in [1.29, 1.82) is 0 Å². The van der Waals surface area contributed by atoms with Crippen LogP contribution in [0, 0.1) is 11.8 Å². The maximum atomic E-state index is 13.2. The van der Waals surface area contributed by atoms with Gasteiger partial charge in [-0.2, -0.15) is 0 Å². The molecule has 4 rings (SSSR count). The first-order valence-electron chi connectivity index (χ1n) is 11.0. The van der Waals surface area contributed by atoms with Gasteiger partial charge in [-0.15, -0.1) is 5.92 Å². The number of methoxy groups -OCH3 is 3. The summed E-state index contributed by atoms with van der Waals surface area (Å²) in [6, 6.07) is 7.12. The lowest BCUT2D eigenvalue weighted by Crippen LogP contribution is -2.63. The summed E-state index contributed by atoms with van der Waals surface area (Å²) in [6.07, 6.45) is 0.670. The average molecular weight is 466 g/mol. The van der Waals surface area contributed by atoms with Crippen LogP contribution < -0.4 is 4.90 Å². The van der Waals surface area contributed by atoms with Gasteiger partial charge in [-0.25, -0.2) is 14.6 Å². The molecule has 1 spiro atoms. The van der Waals surface area contributed by atoms with Crippen molar-refractivity contribution in [3.63, 3.8) is 0 Å². The molecule has 1 amide bonds. The Morgan fingerprint density at radius 2 is 1.91 bits per heavy atom. The third kappa shape index (κ3) is 3.37. The van der Waals surface area contributed by atoms with E-state index in [0.717, 1.165) is 11.3 Å². The van der Waals surface area contributed by atoms with Gasteiger partial charge >= 0.3 is 11.9 Å². The Morgan fingerprint density at radius 3 is 2.59 bits per heavy atom. The first kappa shape index (κ1) is 23.5. The lowest BCUT2D eigenvalue weighted by Gasteiger charge is -2.48. The summed E-state index contributed by atoms with van der Waals surface area (Å²) >= 11 is 0. The number of rotatable bonds is 6. The monoisotopic (exact) mass is 465 g/mol. The highest BCUT2D eigenvalue weighted by Crippen LogP contribution is 2.55. The summed E-state index contributed by atoms with van der Waals surface area (Å²) in [6.45, 7) is 2.61. The summed E-state index contributed by atoms with van der Waals surface area (Å²) < 4.78 is 15.4. The van der Waals surface area contributed by atoms with Gasteiger partial charge in [0, 0.05) is 19.2 Å².